The Balaban J connectivity index is 1.51. The number of amides is 1. The lowest BCUT2D eigenvalue weighted by atomic mass is 9.81. The van der Waals surface area contributed by atoms with E-state index < -0.39 is 18.4 Å². The van der Waals surface area contributed by atoms with Crippen molar-refractivity contribution in [1.82, 2.24) is 4.90 Å². The van der Waals surface area contributed by atoms with Gasteiger partial charge in [-0.15, -0.1) is 0 Å². The molecular formula is C24H13NO6S2. The molecule has 1 aliphatic carbocycles. The van der Waals surface area contributed by atoms with E-state index in [1.807, 2.05) is 0 Å². The highest BCUT2D eigenvalue weighted by Gasteiger charge is 2.34. The van der Waals surface area contributed by atoms with Crippen molar-refractivity contribution in [3.8, 4) is 11.3 Å². The number of nitrogens with zero attached hydrogens (tertiary/aromatic N) is 1. The van der Waals surface area contributed by atoms with Crippen molar-refractivity contribution in [2.75, 3.05) is 6.54 Å². The number of hydrogen-bond donors (Lipinski definition) is 1. The second kappa shape index (κ2) is 7.95. The summed E-state index contributed by atoms with van der Waals surface area (Å²) < 4.78 is 6.04. The van der Waals surface area contributed by atoms with Crippen molar-refractivity contribution in [1.29, 1.82) is 0 Å². The molecule has 1 saturated heterocycles. The van der Waals surface area contributed by atoms with Gasteiger partial charge >= 0.3 is 5.97 Å². The largest absolute Gasteiger partial charge is 0.480 e. The Morgan fingerprint density at radius 2 is 1.61 bits per heavy atom. The molecule has 2 aromatic carbocycles. The molecule has 33 heavy (non-hydrogen) atoms. The third-order valence-electron chi connectivity index (χ3n) is 5.29. The molecule has 0 saturated carbocycles. The van der Waals surface area contributed by atoms with Crippen LogP contribution in [0, 0.1) is 0 Å². The third-order valence-corrected chi connectivity index (χ3v) is 6.66. The monoisotopic (exact) mass is 475 g/mol. The molecule has 1 amide bonds. The van der Waals surface area contributed by atoms with Crippen molar-refractivity contribution in [3.05, 3.63) is 87.5 Å². The number of fused-ring (bicyclic) bond motifs is 2. The lowest BCUT2D eigenvalue weighted by Crippen LogP contribution is -2.33. The zero-order valence-corrected chi connectivity index (χ0v) is 18.4. The molecule has 7 nitrogen and oxygen atoms in total. The van der Waals surface area contributed by atoms with Gasteiger partial charge in [0.1, 0.15) is 22.4 Å². The normalized spacial score (nSPS) is 16.4. The highest BCUT2D eigenvalue weighted by Crippen LogP contribution is 2.37. The van der Waals surface area contributed by atoms with Crippen LogP contribution in [0.5, 0.6) is 0 Å². The van der Waals surface area contributed by atoms with Crippen molar-refractivity contribution in [2.45, 2.75) is 0 Å². The number of hydrogen-bond acceptors (Lipinski definition) is 7. The van der Waals surface area contributed by atoms with Gasteiger partial charge in [0.25, 0.3) is 5.91 Å². The SMILES string of the molecule is O=C(O)CN1C(=O)C(=Cc2ccc(-c3cccc4c3C(=O)c3ccccc3C4=O)o2)SC1=S. The van der Waals surface area contributed by atoms with Gasteiger partial charge in [0, 0.05) is 33.9 Å². The number of rotatable bonds is 4. The van der Waals surface area contributed by atoms with E-state index in [1.54, 1.807) is 54.6 Å². The fourth-order valence-electron chi connectivity index (χ4n) is 3.83. The standard InChI is InChI=1S/C24H13NO6S2/c26-19(27)11-25-23(30)18(33-24(25)32)10-12-8-9-17(31-12)15-6-3-7-16-20(15)22(29)14-5-2-1-4-13(14)21(16)28/h1-10H,11H2,(H,26,27). The second-order valence-electron chi connectivity index (χ2n) is 7.30. The Hall–Kier alpha value is -3.82. The summed E-state index contributed by atoms with van der Waals surface area (Å²) in [6.07, 6.45) is 1.47. The number of benzene rings is 2. The predicted molar refractivity (Wildman–Crippen MR) is 125 cm³/mol. The van der Waals surface area contributed by atoms with E-state index in [1.165, 1.54) is 6.08 Å². The first kappa shape index (κ1) is 21.0. The van der Waals surface area contributed by atoms with Crippen LogP contribution in [0.1, 0.15) is 37.6 Å². The highest BCUT2D eigenvalue weighted by molar-refractivity contribution is 8.26. The fraction of sp³-hybridized carbons (Fsp3) is 0.0417. The van der Waals surface area contributed by atoms with Crippen molar-refractivity contribution in [2.24, 2.45) is 0 Å². The van der Waals surface area contributed by atoms with Gasteiger partial charge in [-0.3, -0.25) is 24.1 Å². The van der Waals surface area contributed by atoms with E-state index in [-0.39, 0.29) is 26.4 Å². The minimum Gasteiger partial charge on any atom is -0.480 e. The summed E-state index contributed by atoms with van der Waals surface area (Å²) in [5.41, 5.74) is 1.77. The first-order valence-electron chi connectivity index (χ1n) is 9.74. The van der Waals surface area contributed by atoms with Crippen LogP contribution in [0.3, 0.4) is 0 Å². The third kappa shape index (κ3) is 3.51. The van der Waals surface area contributed by atoms with Crippen LogP contribution < -0.4 is 0 Å². The molecule has 162 valence electrons. The van der Waals surface area contributed by atoms with Crippen LogP contribution >= 0.6 is 24.0 Å². The van der Waals surface area contributed by atoms with Crippen LogP contribution in [0.25, 0.3) is 17.4 Å². The number of aliphatic carboxylic acids is 1. The number of carbonyl (C=O) groups excluding carboxylic acids is 3. The smallest absolute Gasteiger partial charge is 0.323 e. The summed E-state index contributed by atoms with van der Waals surface area (Å²) in [6.45, 7) is -0.515. The molecule has 0 spiro atoms. The summed E-state index contributed by atoms with van der Waals surface area (Å²) in [4.78, 5) is 50.9. The number of furan rings is 1. The number of carboxylic acid groups (broad SMARTS) is 1. The topological polar surface area (TPSA) is 105 Å². The molecule has 0 unspecified atom stereocenters. The van der Waals surface area contributed by atoms with Gasteiger partial charge in [0.15, 0.2) is 11.6 Å². The number of thioether (sulfide) groups is 1. The Bertz CT molecular complexity index is 1430. The molecule has 1 N–H and O–H groups in total. The molecule has 2 aliphatic rings. The van der Waals surface area contributed by atoms with Gasteiger partial charge in [0.05, 0.1) is 4.91 Å². The lowest BCUT2D eigenvalue weighted by Gasteiger charge is -2.19. The van der Waals surface area contributed by atoms with Gasteiger partial charge in [-0.25, -0.2) is 0 Å². The molecule has 0 bridgehead atoms. The number of carboxylic acids is 1. The molecule has 3 aromatic rings. The van der Waals surface area contributed by atoms with Gasteiger partial charge in [-0.2, -0.15) is 0 Å². The van der Waals surface area contributed by atoms with E-state index in [2.05, 4.69) is 0 Å². The average molecular weight is 476 g/mol. The average Bonchev–Trinajstić information content (AvgIpc) is 3.37. The van der Waals surface area contributed by atoms with Crippen LogP contribution in [0.2, 0.25) is 0 Å². The van der Waals surface area contributed by atoms with Crippen LogP contribution in [-0.2, 0) is 9.59 Å². The second-order valence-corrected chi connectivity index (χ2v) is 8.97. The zero-order chi connectivity index (χ0) is 23.3. The predicted octanol–water partition coefficient (Wildman–Crippen LogP) is 4.01. The molecule has 2 heterocycles. The number of ketones is 2. The van der Waals surface area contributed by atoms with E-state index in [4.69, 9.17) is 21.7 Å². The molecule has 1 aromatic heterocycles. The highest BCUT2D eigenvalue weighted by atomic mass is 32.2. The molecule has 5 rings (SSSR count). The van der Waals surface area contributed by atoms with Crippen molar-refractivity contribution < 1.29 is 28.7 Å². The molecule has 1 fully saturated rings. The van der Waals surface area contributed by atoms with E-state index in [9.17, 15) is 19.2 Å². The fourth-order valence-corrected chi connectivity index (χ4v) is 5.06. The van der Waals surface area contributed by atoms with Gasteiger partial charge in [-0.1, -0.05) is 66.4 Å². The van der Waals surface area contributed by atoms with Crippen LogP contribution in [0.4, 0.5) is 0 Å². The van der Waals surface area contributed by atoms with Gasteiger partial charge in [0.2, 0.25) is 0 Å². The number of carbonyl (C=O) groups is 4. The molecular weight excluding hydrogens is 462 g/mol. The summed E-state index contributed by atoms with van der Waals surface area (Å²) >= 11 is 6.08. The maximum Gasteiger partial charge on any atom is 0.323 e. The summed E-state index contributed by atoms with van der Waals surface area (Å²) in [5.74, 6) is -1.48. The summed E-state index contributed by atoms with van der Waals surface area (Å²) in [7, 11) is 0. The first-order valence-corrected chi connectivity index (χ1v) is 11.0. The maximum absolute atomic E-state index is 13.2. The zero-order valence-electron chi connectivity index (χ0n) is 16.7. The number of thiocarbonyl (C=S) groups is 1. The Morgan fingerprint density at radius 3 is 2.33 bits per heavy atom. The van der Waals surface area contributed by atoms with E-state index in [0.29, 0.717) is 33.8 Å². The van der Waals surface area contributed by atoms with Crippen LogP contribution in [0.15, 0.2) is 63.9 Å². The Kier molecular flexibility index (Phi) is 5.07. The van der Waals surface area contributed by atoms with Crippen LogP contribution in [-0.4, -0.2) is 44.3 Å². The van der Waals surface area contributed by atoms with Gasteiger partial charge in [-0.05, 0) is 12.1 Å². The quantitative estimate of drug-likeness (QED) is 0.349. The summed E-state index contributed by atoms with van der Waals surface area (Å²) in [5, 5.41) is 8.96. The molecule has 0 radical (unpaired) electrons. The minimum absolute atomic E-state index is 0.153. The van der Waals surface area contributed by atoms with E-state index >= 15 is 0 Å². The lowest BCUT2D eigenvalue weighted by molar-refractivity contribution is -0.140. The molecule has 9 heteroatoms. The van der Waals surface area contributed by atoms with Crippen molar-refractivity contribution in [3.63, 3.8) is 0 Å². The Labute approximate surface area is 196 Å². The Morgan fingerprint density at radius 1 is 0.939 bits per heavy atom. The molecule has 1 aliphatic heterocycles. The summed E-state index contributed by atoms with van der Waals surface area (Å²) in [6, 6.07) is 15.0. The van der Waals surface area contributed by atoms with Crippen molar-refractivity contribution >= 4 is 57.8 Å². The first-order chi connectivity index (χ1) is 15.8. The van der Waals surface area contributed by atoms with Gasteiger partial charge < -0.3 is 9.52 Å². The molecule has 0 atom stereocenters. The minimum atomic E-state index is -1.16. The maximum atomic E-state index is 13.2. The van der Waals surface area contributed by atoms with E-state index in [0.717, 1.165) is 16.7 Å².